The van der Waals surface area contributed by atoms with Crippen LogP contribution in [0.2, 0.25) is 0 Å². The summed E-state index contributed by atoms with van der Waals surface area (Å²) in [6, 6.07) is 0. The number of hydrogen-bond acceptors (Lipinski definition) is 4. The lowest BCUT2D eigenvalue weighted by molar-refractivity contribution is 0.0513. The molecular formula is C16H32N2O3. The maximum Gasteiger partial charge on any atom is 0.407 e. The minimum atomic E-state index is -0.449. The molecule has 0 saturated carbocycles. The number of rotatable bonds is 7. The van der Waals surface area contributed by atoms with E-state index < -0.39 is 5.60 Å². The molecule has 1 saturated heterocycles. The Hall–Kier alpha value is -0.810. The molecule has 124 valence electrons. The van der Waals surface area contributed by atoms with Crippen LogP contribution in [-0.2, 0) is 9.47 Å². The summed E-state index contributed by atoms with van der Waals surface area (Å²) in [7, 11) is 0. The lowest BCUT2D eigenvalue weighted by Gasteiger charge is -2.24. The van der Waals surface area contributed by atoms with Crippen LogP contribution in [0.5, 0.6) is 0 Å². The number of carbonyl (C=O) groups excluding carboxylic acids is 1. The molecule has 0 spiro atoms. The van der Waals surface area contributed by atoms with E-state index in [0.29, 0.717) is 24.5 Å². The molecule has 5 heteroatoms. The quantitative estimate of drug-likeness (QED) is 0.758. The smallest absolute Gasteiger partial charge is 0.407 e. The summed E-state index contributed by atoms with van der Waals surface area (Å²) in [5.74, 6) is 0.885. The van der Waals surface area contributed by atoms with Crippen LogP contribution in [0.1, 0.15) is 47.5 Å². The van der Waals surface area contributed by atoms with Crippen LogP contribution in [0.15, 0.2) is 0 Å². The fourth-order valence-electron chi connectivity index (χ4n) is 2.31. The van der Waals surface area contributed by atoms with Crippen LogP contribution >= 0.6 is 0 Å². The van der Waals surface area contributed by atoms with Gasteiger partial charge in [0.2, 0.25) is 0 Å². The third-order valence-corrected chi connectivity index (χ3v) is 3.65. The standard InChI is InChI=1S/C16H32N2O3/c1-12(2)13(9-17-11-14-7-6-8-20-14)10-18-15(19)21-16(3,4)5/h12-14,17H,6-11H2,1-5H3,(H,18,19). The predicted octanol–water partition coefficient (Wildman–Crippen LogP) is 2.55. The Bertz CT molecular complexity index is 307. The molecule has 1 rings (SSSR count). The summed E-state index contributed by atoms with van der Waals surface area (Å²) in [5.41, 5.74) is -0.449. The molecule has 2 N–H and O–H groups in total. The van der Waals surface area contributed by atoms with Crippen molar-refractivity contribution in [3.63, 3.8) is 0 Å². The molecule has 0 radical (unpaired) electrons. The molecule has 1 amide bonds. The second-order valence-corrected chi connectivity index (χ2v) is 7.18. The van der Waals surface area contributed by atoms with Gasteiger partial charge in [-0.2, -0.15) is 0 Å². The Balaban J connectivity index is 2.24. The average Bonchev–Trinajstić information content (AvgIpc) is 2.83. The van der Waals surface area contributed by atoms with Gasteiger partial charge in [0.25, 0.3) is 0 Å². The number of nitrogens with one attached hydrogen (secondary N) is 2. The molecule has 0 aromatic heterocycles. The normalized spacial score (nSPS) is 20.6. The van der Waals surface area contributed by atoms with E-state index in [1.165, 1.54) is 6.42 Å². The molecule has 0 aromatic carbocycles. The molecule has 21 heavy (non-hydrogen) atoms. The van der Waals surface area contributed by atoms with Gasteiger partial charge in [0, 0.05) is 19.7 Å². The molecule has 2 atom stereocenters. The molecule has 2 unspecified atom stereocenters. The lowest BCUT2D eigenvalue weighted by atomic mass is 9.95. The third-order valence-electron chi connectivity index (χ3n) is 3.65. The number of ether oxygens (including phenoxy) is 2. The van der Waals surface area contributed by atoms with E-state index in [9.17, 15) is 4.79 Å². The Morgan fingerprint density at radius 1 is 1.33 bits per heavy atom. The van der Waals surface area contributed by atoms with Crippen LogP contribution in [-0.4, -0.2) is 44.0 Å². The van der Waals surface area contributed by atoms with Gasteiger partial charge in [-0.1, -0.05) is 13.8 Å². The van der Waals surface area contributed by atoms with Gasteiger partial charge in [-0.3, -0.25) is 0 Å². The minimum Gasteiger partial charge on any atom is -0.444 e. The van der Waals surface area contributed by atoms with E-state index in [-0.39, 0.29) is 6.09 Å². The average molecular weight is 300 g/mol. The molecule has 0 aliphatic carbocycles. The molecule has 0 aromatic rings. The molecule has 1 aliphatic rings. The van der Waals surface area contributed by atoms with Crippen molar-refractivity contribution in [3.8, 4) is 0 Å². The second kappa shape index (κ2) is 8.59. The third kappa shape index (κ3) is 8.27. The van der Waals surface area contributed by atoms with Gasteiger partial charge in [-0.25, -0.2) is 4.79 Å². The zero-order valence-electron chi connectivity index (χ0n) is 14.2. The van der Waals surface area contributed by atoms with Crippen molar-refractivity contribution in [3.05, 3.63) is 0 Å². The fourth-order valence-corrected chi connectivity index (χ4v) is 2.31. The highest BCUT2D eigenvalue weighted by molar-refractivity contribution is 5.67. The predicted molar refractivity (Wildman–Crippen MR) is 84.4 cm³/mol. The van der Waals surface area contributed by atoms with Gasteiger partial charge in [-0.05, 0) is 52.0 Å². The SMILES string of the molecule is CC(C)C(CNCC1CCCO1)CNC(=O)OC(C)(C)C. The van der Waals surface area contributed by atoms with Gasteiger partial charge in [0.15, 0.2) is 0 Å². The van der Waals surface area contributed by atoms with E-state index in [1.807, 2.05) is 20.8 Å². The Morgan fingerprint density at radius 3 is 2.57 bits per heavy atom. The maximum atomic E-state index is 11.7. The molecule has 1 heterocycles. The summed E-state index contributed by atoms with van der Waals surface area (Å²) < 4.78 is 10.9. The number of hydrogen-bond donors (Lipinski definition) is 2. The number of amides is 1. The van der Waals surface area contributed by atoms with Gasteiger partial charge in [-0.15, -0.1) is 0 Å². The van der Waals surface area contributed by atoms with Crippen molar-refractivity contribution in [2.75, 3.05) is 26.2 Å². The highest BCUT2D eigenvalue weighted by atomic mass is 16.6. The molecule has 1 aliphatic heterocycles. The highest BCUT2D eigenvalue weighted by Crippen LogP contribution is 2.13. The van der Waals surface area contributed by atoms with Gasteiger partial charge in [0.1, 0.15) is 5.60 Å². The Kier molecular flexibility index (Phi) is 7.46. The van der Waals surface area contributed by atoms with Crippen molar-refractivity contribution >= 4 is 6.09 Å². The van der Waals surface area contributed by atoms with Crippen molar-refractivity contribution in [1.29, 1.82) is 0 Å². The topological polar surface area (TPSA) is 59.6 Å². The first-order valence-electron chi connectivity index (χ1n) is 8.07. The second-order valence-electron chi connectivity index (χ2n) is 7.18. The van der Waals surface area contributed by atoms with Crippen LogP contribution < -0.4 is 10.6 Å². The maximum absolute atomic E-state index is 11.7. The number of carbonyl (C=O) groups is 1. The van der Waals surface area contributed by atoms with E-state index >= 15 is 0 Å². The summed E-state index contributed by atoms with van der Waals surface area (Å²) in [6.45, 7) is 13.3. The van der Waals surface area contributed by atoms with Crippen molar-refractivity contribution in [2.24, 2.45) is 11.8 Å². The molecule has 5 nitrogen and oxygen atoms in total. The van der Waals surface area contributed by atoms with Crippen LogP contribution in [0, 0.1) is 11.8 Å². The summed E-state index contributed by atoms with van der Waals surface area (Å²) in [4.78, 5) is 11.7. The van der Waals surface area contributed by atoms with Crippen molar-refractivity contribution in [1.82, 2.24) is 10.6 Å². The molecule has 1 fully saturated rings. The van der Waals surface area contributed by atoms with Gasteiger partial charge >= 0.3 is 6.09 Å². The molecule has 0 bridgehead atoms. The van der Waals surface area contributed by atoms with Gasteiger partial charge in [0.05, 0.1) is 6.10 Å². The first-order valence-corrected chi connectivity index (χ1v) is 8.07. The Morgan fingerprint density at radius 2 is 2.05 bits per heavy atom. The van der Waals surface area contributed by atoms with Crippen LogP contribution in [0.25, 0.3) is 0 Å². The van der Waals surface area contributed by atoms with Crippen molar-refractivity contribution in [2.45, 2.75) is 59.2 Å². The van der Waals surface area contributed by atoms with E-state index in [0.717, 1.165) is 26.1 Å². The van der Waals surface area contributed by atoms with Gasteiger partial charge < -0.3 is 20.1 Å². The largest absolute Gasteiger partial charge is 0.444 e. The molecular weight excluding hydrogens is 268 g/mol. The van der Waals surface area contributed by atoms with E-state index in [4.69, 9.17) is 9.47 Å². The first kappa shape index (κ1) is 18.2. The lowest BCUT2D eigenvalue weighted by Crippen LogP contribution is -2.40. The zero-order chi connectivity index (χ0) is 15.9. The minimum absolute atomic E-state index is 0.340. The highest BCUT2D eigenvalue weighted by Gasteiger charge is 2.20. The first-order chi connectivity index (χ1) is 9.78. The van der Waals surface area contributed by atoms with Crippen LogP contribution in [0.4, 0.5) is 4.79 Å². The summed E-state index contributed by atoms with van der Waals surface area (Å²) >= 11 is 0. The monoisotopic (exact) mass is 300 g/mol. The van der Waals surface area contributed by atoms with Crippen LogP contribution in [0.3, 0.4) is 0 Å². The zero-order valence-corrected chi connectivity index (χ0v) is 14.2. The summed E-state index contributed by atoms with van der Waals surface area (Å²) in [6.07, 6.45) is 2.33. The van der Waals surface area contributed by atoms with E-state index in [1.54, 1.807) is 0 Å². The summed E-state index contributed by atoms with van der Waals surface area (Å²) in [5, 5.41) is 6.33. The van der Waals surface area contributed by atoms with Crippen molar-refractivity contribution < 1.29 is 14.3 Å². The fraction of sp³-hybridized carbons (Fsp3) is 0.938. The van der Waals surface area contributed by atoms with E-state index in [2.05, 4.69) is 24.5 Å². The number of alkyl carbamates (subject to hydrolysis) is 1. The Labute approximate surface area is 129 Å².